The summed E-state index contributed by atoms with van der Waals surface area (Å²) in [6.07, 6.45) is 0. The highest BCUT2D eigenvalue weighted by molar-refractivity contribution is 5.76. The highest BCUT2D eigenvalue weighted by Gasteiger charge is 2.29. The van der Waals surface area contributed by atoms with Crippen molar-refractivity contribution >= 4 is 12.7 Å². The van der Waals surface area contributed by atoms with Gasteiger partial charge in [0.05, 0.1) is 0 Å². The molecule has 0 rings (SSSR count). The van der Waals surface area contributed by atoms with Crippen molar-refractivity contribution in [3.05, 3.63) is 0 Å². The molecule has 0 aliphatic heterocycles. The quantitative estimate of drug-likeness (QED) is 0.504. The van der Waals surface area contributed by atoms with Crippen LogP contribution in [-0.4, -0.2) is 23.4 Å². The third-order valence-corrected chi connectivity index (χ3v) is 0.808. The molecule has 0 aromatic carbocycles. The molecule has 0 aliphatic rings. The van der Waals surface area contributed by atoms with Gasteiger partial charge in [-0.2, -0.15) is 0 Å². The van der Waals surface area contributed by atoms with Crippen LogP contribution in [-0.2, 0) is 9.63 Å². The molecule has 0 amide bonds. The summed E-state index contributed by atoms with van der Waals surface area (Å²) in [5.74, 6) is -1.06. The number of carboxylic acids is 1. The molecule has 4 heteroatoms. The van der Waals surface area contributed by atoms with Gasteiger partial charge in [0.1, 0.15) is 0 Å². The van der Waals surface area contributed by atoms with E-state index in [0.717, 1.165) is 0 Å². The van der Waals surface area contributed by atoms with Gasteiger partial charge in [-0.05, 0) is 13.8 Å². The molecule has 1 N–H and O–H groups in total. The number of oxime groups is 1. The van der Waals surface area contributed by atoms with E-state index >= 15 is 0 Å². The molecule has 0 saturated heterocycles. The van der Waals surface area contributed by atoms with Crippen molar-refractivity contribution in [1.29, 1.82) is 0 Å². The summed E-state index contributed by atoms with van der Waals surface area (Å²) in [7, 11) is 0. The standard InChI is InChI=1S/C5H9NO3.C2H6/c1-5(2,4(7)8)9-6-3;1-2/h3H2,1-2H3,(H,7,8);1-2H3. The molecule has 0 heterocycles. The van der Waals surface area contributed by atoms with Crippen molar-refractivity contribution in [3.63, 3.8) is 0 Å². The molecule has 4 nitrogen and oxygen atoms in total. The van der Waals surface area contributed by atoms with Gasteiger partial charge in [-0.15, -0.1) is 5.16 Å². The zero-order chi connectivity index (χ0) is 9.49. The molecule has 0 atom stereocenters. The van der Waals surface area contributed by atoms with Gasteiger partial charge in [-0.25, -0.2) is 4.79 Å². The van der Waals surface area contributed by atoms with Crippen molar-refractivity contribution in [2.45, 2.75) is 33.3 Å². The minimum Gasteiger partial charge on any atom is -0.478 e. The Kier molecular flexibility index (Phi) is 6.53. The fraction of sp³-hybridized carbons (Fsp3) is 0.714. The van der Waals surface area contributed by atoms with Gasteiger partial charge in [0.15, 0.2) is 0 Å². The van der Waals surface area contributed by atoms with Crippen molar-refractivity contribution in [2.24, 2.45) is 5.16 Å². The molecule has 0 radical (unpaired) electrons. The van der Waals surface area contributed by atoms with Crippen LogP contribution in [0.5, 0.6) is 0 Å². The molecule has 11 heavy (non-hydrogen) atoms. The lowest BCUT2D eigenvalue weighted by atomic mass is 10.1. The summed E-state index contributed by atoms with van der Waals surface area (Å²) in [5, 5.41) is 11.4. The van der Waals surface area contributed by atoms with Crippen LogP contribution in [0.3, 0.4) is 0 Å². The van der Waals surface area contributed by atoms with Crippen LogP contribution < -0.4 is 0 Å². The predicted molar refractivity (Wildman–Crippen MR) is 43.7 cm³/mol. The van der Waals surface area contributed by atoms with E-state index in [1.54, 1.807) is 0 Å². The van der Waals surface area contributed by atoms with Gasteiger partial charge in [0.2, 0.25) is 5.60 Å². The molecule has 0 aromatic heterocycles. The maximum Gasteiger partial charge on any atom is 0.350 e. The first-order valence-electron chi connectivity index (χ1n) is 3.38. The maximum atomic E-state index is 10.2. The average molecular weight is 161 g/mol. The van der Waals surface area contributed by atoms with Gasteiger partial charge < -0.3 is 9.94 Å². The lowest BCUT2D eigenvalue weighted by molar-refractivity contribution is -0.161. The Bertz CT molecular complexity index is 132. The third-order valence-electron chi connectivity index (χ3n) is 0.808. The van der Waals surface area contributed by atoms with E-state index in [9.17, 15) is 4.79 Å². The molecule has 0 bridgehead atoms. The zero-order valence-electron chi connectivity index (χ0n) is 7.42. The van der Waals surface area contributed by atoms with Crippen molar-refractivity contribution in [2.75, 3.05) is 0 Å². The van der Waals surface area contributed by atoms with Crippen molar-refractivity contribution < 1.29 is 14.7 Å². The summed E-state index contributed by atoms with van der Waals surface area (Å²) >= 11 is 0. The molecule has 0 aliphatic carbocycles. The minimum absolute atomic E-state index is 1.06. The van der Waals surface area contributed by atoms with Crippen LogP contribution in [0.1, 0.15) is 27.7 Å². The van der Waals surface area contributed by atoms with Gasteiger partial charge in [0.25, 0.3) is 0 Å². The number of hydrogen-bond acceptors (Lipinski definition) is 3. The Hall–Kier alpha value is -1.06. The lowest BCUT2D eigenvalue weighted by Crippen LogP contribution is -2.32. The predicted octanol–water partition coefficient (Wildman–Crippen LogP) is 1.51. The van der Waals surface area contributed by atoms with E-state index in [-0.39, 0.29) is 0 Å². The van der Waals surface area contributed by atoms with E-state index < -0.39 is 11.6 Å². The number of carboxylic acid groups (broad SMARTS) is 1. The zero-order valence-corrected chi connectivity index (χ0v) is 7.42. The Morgan fingerprint density at radius 1 is 1.55 bits per heavy atom. The molecule has 0 unspecified atom stereocenters. The van der Waals surface area contributed by atoms with E-state index in [1.165, 1.54) is 13.8 Å². The SMILES string of the molecule is C=NOC(C)(C)C(=O)O.CC. The summed E-state index contributed by atoms with van der Waals surface area (Å²) in [4.78, 5) is 14.6. The largest absolute Gasteiger partial charge is 0.478 e. The van der Waals surface area contributed by atoms with Crippen LogP contribution in [0.15, 0.2) is 5.16 Å². The number of nitrogens with zero attached hydrogens (tertiary/aromatic N) is 1. The first-order chi connectivity index (χ1) is 5.00. The van der Waals surface area contributed by atoms with E-state index in [2.05, 4.69) is 16.7 Å². The Balaban J connectivity index is 0. The molecule has 0 saturated carbocycles. The van der Waals surface area contributed by atoms with E-state index in [4.69, 9.17) is 5.11 Å². The fourth-order valence-electron chi connectivity index (χ4n) is 0.200. The fourth-order valence-corrected chi connectivity index (χ4v) is 0.200. The molecular formula is C7H15NO3. The maximum absolute atomic E-state index is 10.2. The minimum atomic E-state index is -1.26. The van der Waals surface area contributed by atoms with Crippen molar-refractivity contribution in [1.82, 2.24) is 0 Å². The number of carbonyl (C=O) groups is 1. The first kappa shape index (κ1) is 12.6. The number of aliphatic carboxylic acids is 1. The van der Waals surface area contributed by atoms with E-state index in [1.807, 2.05) is 13.8 Å². The second kappa shape index (κ2) is 5.70. The average Bonchev–Trinajstić information content (AvgIpc) is 1.92. The monoisotopic (exact) mass is 161 g/mol. The van der Waals surface area contributed by atoms with Crippen LogP contribution in [0.25, 0.3) is 0 Å². The number of rotatable bonds is 3. The Morgan fingerprint density at radius 2 is 1.91 bits per heavy atom. The smallest absolute Gasteiger partial charge is 0.350 e. The Morgan fingerprint density at radius 3 is 2.00 bits per heavy atom. The Labute approximate surface area is 66.9 Å². The van der Waals surface area contributed by atoms with Crippen LogP contribution in [0, 0.1) is 0 Å². The lowest BCUT2D eigenvalue weighted by Gasteiger charge is -2.14. The van der Waals surface area contributed by atoms with Gasteiger partial charge in [-0.3, -0.25) is 0 Å². The summed E-state index contributed by atoms with van der Waals surface area (Å²) in [6, 6.07) is 0. The number of hydrogen-bond donors (Lipinski definition) is 1. The summed E-state index contributed by atoms with van der Waals surface area (Å²) < 4.78 is 0. The van der Waals surface area contributed by atoms with Gasteiger partial charge >= 0.3 is 5.97 Å². The van der Waals surface area contributed by atoms with Crippen LogP contribution in [0.4, 0.5) is 0 Å². The molecule has 0 aromatic rings. The molecule has 0 spiro atoms. The second-order valence-corrected chi connectivity index (χ2v) is 2.04. The molecule has 0 fully saturated rings. The van der Waals surface area contributed by atoms with Crippen LogP contribution >= 0.6 is 0 Å². The summed E-state index contributed by atoms with van der Waals surface area (Å²) in [5.41, 5.74) is -1.26. The third kappa shape index (κ3) is 5.39. The first-order valence-corrected chi connectivity index (χ1v) is 3.38. The highest BCUT2D eigenvalue weighted by Crippen LogP contribution is 2.07. The normalized spacial score (nSPS) is 9.09. The van der Waals surface area contributed by atoms with Gasteiger partial charge in [0, 0.05) is 6.72 Å². The topological polar surface area (TPSA) is 58.9 Å². The van der Waals surface area contributed by atoms with E-state index in [0.29, 0.717) is 0 Å². The second-order valence-electron chi connectivity index (χ2n) is 2.04. The summed E-state index contributed by atoms with van der Waals surface area (Å²) in [6.45, 7) is 9.78. The van der Waals surface area contributed by atoms with Gasteiger partial charge in [-0.1, -0.05) is 13.8 Å². The molecule has 66 valence electrons. The molecular weight excluding hydrogens is 146 g/mol. The van der Waals surface area contributed by atoms with Crippen molar-refractivity contribution in [3.8, 4) is 0 Å². The highest BCUT2D eigenvalue weighted by atomic mass is 16.7. The van der Waals surface area contributed by atoms with Crippen LogP contribution in [0.2, 0.25) is 0 Å².